The van der Waals surface area contributed by atoms with Gasteiger partial charge in [-0.2, -0.15) is 0 Å². The highest BCUT2D eigenvalue weighted by Crippen LogP contribution is 2.35. The number of anilines is 4. The van der Waals surface area contributed by atoms with E-state index in [1.807, 2.05) is 31.2 Å². The van der Waals surface area contributed by atoms with Gasteiger partial charge in [-0.3, -0.25) is 4.79 Å². The van der Waals surface area contributed by atoms with E-state index in [1.54, 1.807) is 6.07 Å². The summed E-state index contributed by atoms with van der Waals surface area (Å²) in [4.78, 5) is 11.4. The molecule has 0 atom stereocenters. The molecule has 1 amide bonds. The second-order valence-corrected chi connectivity index (χ2v) is 5.61. The number of aryl methyl sites for hydroxylation is 2. The SMILES string of the molecule is Cc1cccc(Cl)c1Nc1cc2c(cc1N)NC(=O)CC2. The van der Waals surface area contributed by atoms with Gasteiger partial charge in [0.05, 0.1) is 22.1 Å². The molecule has 1 aliphatic heterocycles. The van der Waals surface area contributed by atoms with E-state index in [9.17, 15) is 4.79 Å². The fraction of sp³-hybridized carbons (Fsp3) is 0.188. The summed E-state index contributed by atoms with van der Waals surface area (Å²) in [5, 5.41) is 6.80. The number of nitrogen functional groups attached to an aromatic ring is 1. The monoisotopic (exact) mass is 301 g/mol. The molecule has 0 fully saturated rings. The predicted molar refractivity (Wildman–Crippen MR) is 87.3 cm³/mol. The zero-order chi connectivity index (χ0) is 15.0. The number of hydrogen-bond acceptors (Lipinski definition) is 3. The molecule has 0 aromatic heterocycles. The molecular weight excluding hydrogens is 286 g/mol. The van der Waals surface area contributed by atoms with Gasteiger partial charge in [0.1, 0.15) is 0 Å². The quantitative estimate of drug-likeness (QED) is 0.738. The largest absolute Gasteiger partial charge is 0.397 e. The Hall–Kier alpha value is -2.20. The molecule has 0 radical (unpaired) electrons. The lowest BCUT2D eigenvalue weighted by Gasteiger charge is -2.20. The first-order valence-electron chi connectivity index (χ1n) is 6.79. The molecule has 0 saturated carbocycles. The van der Waals surface area contributed by atoms with Crippen LogP contribution in [0.1, 0.15) is 17.5 Å². The van der Waals surface area contributed by atoms with Crippen LogP contribution in [0.2, 0.25) is 5.02 Å². The zero-order valence-corrected chi connectivity index (χ0v) is 12.4. The van der Waals surface area contributed by atoms with Crippen LogP contribution < -0.4 is 16.4 Å². The molecule has 108 valence electrons. The van der Waals surface area contributed by atoms with Gasteiger partial charge in [-0.25, -0.2) is 0 Å². The van der Waals surface area contributed by atoms with Crippen molar-refractivity contribution in [3.8, 4) is 0 Å². The minimum absolute atomic E-state index is 0.0320. The van der Waals surface area contributed by atoms with Crippen LogP contribution in [-0.2, 0) is 11.2 Å². The van der Waals surface area contributed by atoms with Gasteiger partial charge in [-0.15, -0.1) is 0 Å². The van der Waals surface area contributed by atoms with Gasteiger partial charge in [0.2, 0.25) is 5.91 Å². The number of para-hydroxylation sites is 1. The molecule has 0 aliphatic carbocycles. The minimum atomic E-state index is 0.0320. The van der Waals surface area contributed by atoms with Crippen LogP contribution >= 0.6 is 11.6 Å². The van der Waals surface area contributed by atoms with Crippen molar-refractivity contribution < 1.29 is 4.79 Å². The average molecular weight is 302 g/mol. The normalized spacial score (nSPS) is 13.5. The Morgan fingerprint density at radius 3 is 2.86 bits per heavy atom. The van der Waals surface area contributed by atoms with Crippen LogP contribution in [-0.4, -0.2) is 5.91 Å². The molecule has 2 aromatic rings. The first-order valence-corrected chi connectivity index (χ1v) is 7.17. The van der Waals surface area contributed by atoms with Crippen LogP contribution in [0, 0.1) is 6.92 Å². The predicted octanol–water partition coefficient (Wildman–Crippen LogP) is 3.86. The molecule has 3 rings (SSSR count). The average Bonchev–Trinajstić information content (AvgIpc) is 2.43. The number of carbonyl (C=O) groups is 1. The van der Waals surface area contributed by atoms with Crippen molar-refractivity contribution in [1.29, 1.82) is 0 Å². The maximum Gasteiger partial charge on any atom is 0.224 e. The summed E-state index contributed by atoms with van der Waals surface area (Å²) >= 11 is 6.23. The molecular formula is C16H16ClN3O. The van der Waals surface area contributed by atoms with Crippen LogP contribution in [0.3, 0.4) is 0 Å². The highest BCUT2D eigenvalue weighted by atomic mass is 35.5. The summed E-state index contributed by atoms with van der Waals surface area (Å²) in [6.07, 6.45) is 1.22. The van der Waals surface area contributed by atoms with E-state index in [4.69, 9.17) is 17.3 Å². The van der Waals surface area contributed by atoms with Crippen molar-refractivity contribution in [2.75, 3.05) is 16.4 Å². The second-order valence-electron chi connectivity index (χ2n) is 5.20. The smallest absolute Gasteiger partial charge is 0.224 e. The van der Waals surface area contributed by atoms with Gasteiger partial charge in [-0.1, -0.05) is 23.7 Å². The maximum absolute atomic E-state index is 11.4. The molecule has 5 heteroatoms. The number of carbonyl (C=O) groups excluding carboxylic acids is 1. The summed E-state index contributed by atoms with van der Waals surface area (Å²) in [5.41, 5.74) is 11.2. The molecule has 2 aromatic carbocycles. The molecule has 0 saturated heterocycles. The second kappa shape index (κ2) is 5.30. The van der Waals surface area contributed by atoms with Gasteiger partial charge < -0.3 is 16.4 Å². The summed E-state index contributed by atoms with van der Waals surface area (Å²) in [5.74, 6) is 0.0320. The Kier molecular flexibility index (Phi) is 3.47. The van der Waals surface area contributed by atoms with Crippen LogP contribution in [0.25, 0.3) is 0 Å². The summed E-state index contributed by atoms with van der Waals surface area (Å²) in [6, 6.07) is 9.51. The standard InChI is InChI=1S/C16H16ClN3O/c1-9-3-2-4-11(17)16(9)20-14-7-10-5-6-15(21)19-13(10)8-12(14)18/h2-4,7-8,20H,5-6,18H2,1H3,(H,19,21). The molecule has 0 bridgehead atoms. The Balaban J connectivity index is 1.98. The molecule has 1 aliphatic rings. The fourth-order valence-corrected chi connectivity index (χ4v) is 2.75. The molecule has 0 spiro atoms. The Morgan fingerprint density at radius 2 is 2.10 bits per heavy atom. The summed E-state index contributed by atoms with van der Waals surface area (Å²) < 4.78 is 0. The summed E-state index contributed by atoms with van der Waals surface area (Å²) in [6.45, 7) is 1.99. The Bertz CT molecular complexity index is 707. The van der Waals surface area contributed by atoms with E-state index in [1.165, 1.54) is 0 Å². The third-order valence-electron chi connectivity index (χ3n) is 3.65. The van der Waals surface area contributed by atoms with Crippen molar-refractivity contribution >= 4 is 40.3 Å². The van der Waals surface area contributed by atoms with Crippen molar-refractivity contribution in [2.24, 2.45) is 0 Å². The fourth-order valence-electron chi connectivity index (χ4n) is 2.48. The van der Waals surface area contributed by atoms with Crippen molar-refractivity contribution in [3.63, 3.8) is 0 Å². The molecule has 4 nitrogen and oxygen atoms in total. The zero-order valence-electron chi connectivity index (χ0n) is 11.7. The van der Waals surface area contributed by atoms with Gasteiger partial charge in [0.15, 0.2) is 0 Å². The first-order chi connectivity index (χ1) is 10.0. The van der Waals surface area contributed by atoms with Crippen LogP contribution in [0.4, 0.5) is 22.7 Å². The van der Waals surface area contributed by atoms with E-state index < -0.39 is 0 Å². The minimum Gasteiger partial charge on any atom is -0.397 e. The lowest BCUT2D eigenvalue weighted by atomic mass is 10.0. The third-order valence-corrected chi connectivity index (χ3v) is 3.97. The number of nitrogens with one attached hydrogen (secondary N) is 2. The maximum atomic E-state index is 11.4. The van der Waals surface area contributed by atoms with E-state index >= 15 is 0 Å². The lowest BCUT2D eigenvalue weighted by molar-refractivity contribution is -0.116. The van der Waals surface area contributed by atoms with Gasteiger partial charge in [0, 0.05) is 12.1 Å². The highest BCUT2D eigenvalue weighted by molar-refractivity contribution is 6.33. The number of fused-ring (bicyclic) bond motifs is 1. The number of rotatable bonds is 2. The van der Waals surface area contributed by atoms with Crippen LogP contribution in [0.5, 0.6) is 0 Å². The van der Waals surface area contributed by atoms with E-state index in [0.29, 0.717) is 17.1 Å². The number of hydrogen-bond donors (Lipinski definition) is 3. The van der Waals surface area contributed by atoms with Crippen molar-refractivity contribution in [1.82, 2.24) is 0 Å². The van der Waals surface area contributed by atoms with Crippen molar-refractivity contribution in [3.05, 3.63) is 46.5 Å². The lowest BCUT2D eigenvalue weighted by Crippen LogP contribution is -2.19. The Labute approximate surface area is 128 Å². The Morgan fingerprint density at radius 1 is 1.29 bits per heavy atom. The number of benzene rings is 2. The van der Waals surface area contributed by atoms with E-state index in [-0.39, 0.29) is 5.91 Å². The number of amides is 1. The molecule has 21 heavy (non-hydrogen) atoms. The number of halogens is 1. The first kappa shape index (κ1) is 13.8. The van der Waals surface area contributed by atoms with Gasteiger partial charge >= 0.3 is 0 Å². The van der Waals surface area contributed by atoms with Gasteiger partial charge in [-0.05, 0) is 42.7 Å². The van der Waals surface area contributed by atoms with Crippen LogP contribution in [0.15, 0.2) is 30.3 Å². The van der Waals surface area contributed by atoms with E-state index in [2.05, 4.69) is 10.6 Å². The number of nitrogens with two attached hydrogens (primary N) is 1. The molecule has 0 unspecified atom stereocenters. The molecule has 1 heterocycles. The molecule has 4 N–H and O–H groups in total. The van der Waals surface area contributed by atoms with E-state index in [0.717, 1.165) is 34.6 Å². The topological polar surface area (TPSA) is 67.2 Å². The summed E-state index contributed by atoms with van der Waals surface area (Å²) in [7, 11) is 0. The third kappa shape index (κ3) is 2.67. The van der Waals surface area contributed by atoms with Crippen molar-refractivity contribution in [2.45, 2.75) is 19.8 Å². The highest BCUT2D eigenvalue weighted by Gasteiger charge is 2.17. The van der Waals surface area contributed by atoms with Gasteiger partial charge in [0.25, 0.3) is 0 Å².